The second kappa shape index (κ2) is 4.81. The van der Waals surface area contributed by atoms with Crippen molar-refractivity contribution in [2.45, 2.75) is 0 Å². The van der Waals surface area contributed by atoms with E-state index < -0.39 is 4.92 Å². The van der Waals surface area contributed by atoms with Gasteiger partial charge in [-0.05, 0) is 9.91 Å². The number of carbonyl (C=O) groups is 1. The summed E-state index contributed by atoms with van der Waals surface area (Å²) in [5, 5.41) is 10.8. The van der Waals surface area contributed by atoms with Crippen LogP contribution < -0.4 is 4.90 Å². The number of likely N-dealkylation sites (N-methyl/N-ethyl adjacent to an activating group) is 2. The van der Waals surface area contributed by atoms with Crippen LogP contribution in [0, 0.1) is 10.1 Å². The first-order valence-electron chi connectivity index (χ1n) is 4.91. The standard InChI is InChI=1S/C9H15N5O3/c1-11(2)7(15)5-12(3)9-8(14(16)17)10-6-13(9)4/h6H,5H2,1-4H3. The first kappa shape index (κ1) is 12.9. The van der Waals surface area contributed by atoms with Crippen LogP contribution in [0.5, 0.6) is 0 Å². The monoisotopic (exact) mass is 241 g/mol. The van der Waals surface area contributed by atoms with Gasteiger partial charge in [0, 0.05) is 28.2 Å². The molecule has 0 radical (unpaired) electrons. The minimum absolute atomic E-state index is 0.0629. The lowest BCUT2D eigenvalue weighted by Gasteiger charge is -2.20. The summed E-state index contributed by atoms with van der Waals surface area (Å²) in [6, 6.07) is 0. The van der Waals surface area contributed by atoms with E-state index in [0.717, 1.165) is 0 Å². The maximum absolute atomic E-state index is 11.5. The summed E-state index contributed by atoms with van der Waals surface area (Å²) in [4.78, 5) is 28.4. The highest BCUT2D eigenvalue weighted by Crippen LogP contribution is 2.24. The maximum Gasteiger partial charge on any atom is 0.406 e. The van der Waals surface area contributed by atoms with Crippen molar-refractivity contribution in [3.05, 3.63) is 16.4 Å². The third-order valence-corrected chi connectivity index (χ3v) is 2.29. The van der Waals surface area contributed by atoms with Gasteiger partial charge in [0.15, 0.2) is 0 Å². The van der Waals surface area contributed by atoms with Gasteiger partial charge in [-0.1, -0.05) is 0 Å². The number of anilines is 1. The van der Waals surface area contributed by atoms with Crippen molar-refractivity contribution >= 4 is 17.5 Å². The number of nitro groups is 1. The molecule has 8 nitrogen and oxygen atoms in total. The molecule has 0 atom stereocenters. The third kappa shape index (κ3) is 2.71. The van der Waals surface area contributed by atoms with Crippen molar-refractivity contribution in [1.82, 2.24) is 14.5 Å². The molecule has 0 bridgehead atoms. The van der Waals surface area contributed by atoms with Gasteiger partial charge in [-0.15, -0.1) is 0 Å². The Morgan fingerprint density at radius 3 is 2.59 bits per heavy atom. The summed E-state index contributed by atoms with van der Waals surface area (Å²) in [7, 11) is 6.53. The van der Waals surface area contributed by atoms with Gasteiger partial charge in [-0.2, -0.15) is 0 Å². The summed E-state index contributed by atoms with van der Waals surface area (Å²) < 4.78 is 1.51. The molecule has 0 aliphatic carbocycles. The molecule has 0 aromatic carbocycles. The molecule has 0 unspecified atom stereocenters. The molecular formula is C9H15N5O3. The van der Waals surface area contributed by atoms with Crippen LogP contribution in [0.2, 0.25) is 0 Å². The summed E-state index contributed by atoms with van der Waals surface area (Å²) in [5.74, 6) is -0.0743. The Bertz CT molecular complexity index is 440. The van der Waals surface area contributed by atoms with Crippen LogP contribution in [-0.4, -0.2) is 53.0 Å². The molecule has 8 heteroatoms. The minimum Gasteiger partial charge on any atom is -0.358 e. The summed E-state index contributed by atoms with van der Waals surface area (Å²) in [6.45, 7) is 0.0629. The Labute approximate surface area is 98.6 Å². The fourth-order valence-electron chi connectivity index (χ4n) is 1.40. The van der Waals surface area contributed by atoms with E-state index in [0.29, 0.717) is 5.82 Å². The van der Waals surface area contributed by atoms with Crippen LogP contribution in [0.4, 0.5) is 11.6 Å². The number of aromatic nitrogens is 2. The Morgan fingerprint density at radius 1 is 1.53 bits per heavy atom. The van der Waals surface area contributed by atoms with E-state index in [4.69, 9.17) is 0 Å². The topological polar surface area (TPSA) is 84.5 Å². The van der Waals surface area contributed by atoms with Crippen molar-refractivity contribution in [2.24, 2.45) is 7.05 Å². The Morgan fingerprint density at radius 2 is 2.12 bits per heavy atom. The molecular weight excluding hydrogens is 226 g/mol. The lowest BCUT2D eigenvalue weighted by atomic mass is 10.4. The van der Waals surface area contributed by atoms with Gasteiger partial charge in [-0.25, -0.2) is 0 Å². The van der Waals surface area contributed by atoms with Crippen molar-refractivity contribution in [3.63, 3.8) is 0 Å². The van der Waals surface area contributed by atoms with E-state index in [9.17, 15) is 14.9 Å². The fourth-order valence-corrected chi connectivity index (χ4v) is 1.40. The first-order valence-corrected chi connectivity index (χ1v) is 4.91. The van der Waals surface area contributed by atoms with Gasteiger partial charge >= 0.3 is 5.82 Å². The molecule has 0 spiro atoms. The summed E-state index contributed by atoms with van der Waals surface area (Å²) in [5.41, 5.74) is 0. The lowest BCUT2D eigenvalue weighted by Crippen LogP contribution is -2.35. The predicted octanol–water partition coefficient (Wildman–Crippen LogP) is -0.147. The Balaban J connectivity index is 2.96. The van der Waals surface area contributed by atoms with E-state index in [1.165, 1.54) is 20.7 Å². The number of imidazole rings is 1. The van der Waals surface area contributed by atoms with E-state index in [-0.39, 0.29) is 18.3 Å². The number of carbonyl (C=O) groups excluding carboxylic acids is 1. The van der Waals surface area contributed by atoms with Crippen LogP contribution >= 0.6 is 0 Å². The van der Waals surface area contributed by atoms with Crippen molar-refractivity contribution in [3.8, 4) is 0 Å². The molecule has 1 aromatic heterocycles. The second-order valence-electron chi connectivity index (χ2n) is 3.90. The molecule has 1 heterocycles. The molecule has 1 amide bonds. The van der Waals surface area contributed by atoms with Gasteiger partial charge in [0.05, 0.1) is 6.54 Å². The van der Waals surface area contributed by atoms with Crippen molar-refractivity contribution in [2.75, 3.05) is 32.6 Å². The molecule has 1 rings (SSSR count). The molecule has 0 saturated heterocycles. The minimum atomic E-state index is -0.564. The first-order chi connectivity index (χ1) is 7.84. The maximum atomic E-state index is 11.5. The van der Waals surface area contributed by atoms with Crippen LogP contribution in [-0.2, 0) is 11.8 Å². The zero-order valence-electron chi connectivity index (χ0n) is 10.2. The predicted molar refractivity (Wildman–Crippen MR) is 61.8 cm³/mol. The number of hydrogen-bond acceptors (Lipinski definition) is 5. The molecule has 0 aliphatic heterocycles. The number of amides is 1. The van der Waals surface area contributed by atoms with Crippen molar-refractivity contribution < 1.29 is 9.72 Å². The molecule has 0 saturated carbocycles. The number of hydrogen-bond donors (Lipinski definition) is 0. The van der Waals surface area contributed by atoms with Gasteiger partial charge in [-0.3, -0.25) is 9.36 Å². The van der Waals surface area contributed by atoms with Gasteiger partial charge in [0.1, 0.15) is 0 Å². The highest BCUT2D eigenvalue weighted by molar-refractivity contribution is 5.81. The normalized spacial score (nSPS) is 10.1. The van der Waals surface area contributed by atoms with Crippen LogP contribution in [0.25, 0.3) is 0 Å². The third-order valence-electron chi connectivity index (χ3n) is 2.29. The van der Waals surface area contributed by atoms with E-state index >= 15 is 0 Å². The van der Waals surface area contributed by atoms with E-state index in [1.54, 1.807) is 28.2 Å². The SMILES string of the molecule is CN(C)C(=O)CN(C)c1c([N+](=O)[O-])ncn1C. The van der Waals surface area contributed by atoms with Gasteiger partial charge in [0.2, 0.25) is 18.1 Å². The number of nitrogens with zero attached hydrogens (tertiary/aromatic N) is 5. The number of rotatable bonds is 4. The molecule has 1 aromatic rings. The molecule has 0 fully saturated rings. The highest BCUT2D eigenvalue weighted by atomic mass is 16.6. The zero-order chi connectivity index (χ0) is 13.2. The van der Waals surface area contributed by atoms with Crippen LogP contribution in [0.3, 0.4) is 0 Å². The van der Waals surface area contributed by atoms with E-state index in [1.807, 2.05) is 0 Å². The average molecular weight is 241 g/mol. The summed E-state index contributed by atoms with van der Waals surface area (Å²) in [6.07, 6.45) is 1.35. The Kier molecular flexibility index (Phi) is 3.66. The zero-order valence-corrected chi connectivity index (χ0v) is 10.2. The van der Waals surface area contributed by atoms with Gasteiger partial charge in [0.25, 0.3) is 0 Å². The second-order valence-corrected chi connectivity index (χ2v) is 3.90. The molecule has 17 heavy (non-hydrogen) atoms. The Hall–Kier alpha value is -2.12. The van der Waals surface area contributed by atoms with Gasteiger partial charge < -0.3 is 19.9 Å². The van der Waals surface area contributed by atoms with Crippen LogP contribution in [0.15, 0.2) is 6.33 Å². The fraction of sp³-hybridized carbons (Fsp3) is 0.556. The molecule has 94 valence electrons. The largest absolute Gasteiger partial charge is 0.406 e. The lowest BCUT2D eigenvalue weighted by molar-refractivity contribution is -0.388. The van der Waals surface area contributed by atoms with Crippen LogP contribution in [0.1, 0.15) is 0 Å². The van der Waals surface area contributed by atoms with Crippen molar-refractivity contribution in [1.29, 1.82) is 0 Å². The smallest absolute Gasteiger partial charge is 0.358 e. The average Bonchev–Trinajstić information content (AvgIpc) is 2.59. The highest BCUT2D eigenvalue weighted by Gasteiger charge is 2.24. The summed E-state index contributed by atoms with van der Waals surface area (Å²) >= 11 is 0. The molecule has 0 aliphatic rings. The number of aryl methyl sites for hydroxylation is 1. The quantitative estimate of drug-likeness (QED) is 0.540. The van der Waals surface area contributed by atoms with E-state index in [2.05, 4.69) is 4.98 Å². The molecule has 0 N–H and O–H groups in total.